The Morgan fingerprint density at radius 2 is 2.22 bits per heavy atom. The van der Waals surface area contributed by atoms with Gasteiger partial charge in [-0.3, -0.25) is 14.3 Å². The van der Waals surface area contributed by atoms with Crippen LogP contribution in [0.4, 0.5) is 0 Å². The maximum atomic E-state index is 12.3. The minimum atomic E-state index is -0.335. The Bertz CT molecular complexity index is 750. The number of hydrogen-bond donors (Lipinski definition) is 2. The summed E-state index contributed by atoms with van der Waals surface area (Å²) in [5.74, 6) is 0.260. The van der Waals surface area contributed by atoms with Crippen LogP contribution in [0.2, 0.25) is 0 Å². The Labute approximate surface area is 133 Å². The zero-order valence-corrected chi connectivity index (χ0v) is 13.7. The second kappa shape index (κ2) is 7.19. The zero-order valence-electron chi connectivity index (χ0n) is 13.7. The molecule has 8 nitrogen and oxygen atoms in total. The first-order valence-corrected chi connectivity index (χ1v) is 7.25. The molecule has 2 aromatic heterocycles. The van der Waals surface area contributed by atoms with Gasteiger partial charge in [-0.15, -0.1) is 0 Å². The van der Waals surface area contributed by atoms with Crippen molar-refractivity contribution in [1.82, 2.24) is 25.1 Å². The van der Waals surface area contributed by atoms with Crippen LogP contribution in [-0.4, -0.2) is 39.4 Å². The highest BCUT2D eigenvalue weighted by Crippen LogP contribution is 2.12. The van der Waals surface area contributed by atoms with E-state index in [-0.39, 0.29) is 23.9 Å². The van der Waals surface area contributed by atoms with Crippen molar-refractivity contribution in [2.45, 2.75) is 26.3 Å². The van der Waals surface area contributed by atoms with E-state index in [9.17, 15) is 9.59 Å². The summed E-state index contributed by atoms with van der Waals surface area (Å²) < 4.78 is 6.84. The second-order valence-electron chi connectivity index (χ2n) is 5.35. The topological polar surface area (TPSA) is 102 Å². The molecule has 0 bridgehead atoms. The summed E-state index contributed by atoms with van der Waals surface area (Å²) in [6.45, 7) is 3.74. The third kappa shape index (κ3) is 4.04. The van der Waals surface area contributed by atoms with E-state index in [1.54, 1.807) is 38.9 Å². The Hall–Kier alpha value is -2.48. The molecule has 8 heteroatoms. The molecule has 23 heavy (non-hydrogen) atoms. The molecule has 1 amide bonds. The van der Waals surface area contributed by atoms with Gasteiger partial charge in [-0.1, -0.05) is 0 Å². The first-order valence-electron chi connectivity index (χ1n) is 7.25. The van der Waals surface area contributed by atoms with Gasteiger partial charge in [0.05, 0.1) is 24.8 Å². The third-order valence-electron chi connectivity index (χ3n) is 3.56. The number of aromatic amines is 1. The number of H-pyrrole nitrogens is 1. The first kappa shape index (κ1) is 16.9. The number of methoxy groups -OCH3 is 1. The van der Waals surface area contributed by atoms with Crippen molar-refractivity contribution in [2.24, 2.45) is 7.05 Å². The van der Waals surface area contributed by atoms with Gasteiger partial charge in [-0.25, -0.2) is 4.98 Å². The van der Waals surface area contributed by atoms with Gasteiger partial charge in [0.2, 0.25) is 5.91 Å². The Morgan fingerprint density at radius 1 is 1.48 bits per heavy atom. The van der Waals surface area contributed by atoms with Crippen LogP contribution in [0.15, 0.2) is 17.1 Å². The van der Waals surface area contributed by atoms with E-state index in [0.717, 1.165) is 5.69 Å². The molecule has 2 heterocycles. The summed E-state index contributed by atoms with van der Waals surface area (Å²) in [7, 11) is 3.36. The van der Waals surface area contributed by atoms with Crippen LogP contribution in [0.25, 0.3) is 0 Å². The van der Waals surface area contributed by atoms with Gasteiger partial charge in [0.1, 0.15) is 5.82 Å². The largest absolute Gasteiger partial charge is 0.382 e. The predicted molar refractivity (Wildman–Crippen MR) is 84.0 cm³/mol. The average Bonchev–Trinajstić information content (AvgIpc) is 2.88. The monoisotopic (exact) mass is 319 g/mol. The molecule has 0 radical (unpaired) electrons. The first-order chi connectivity index (χ1) is 10.9. The minimum Gasteiger partial charge on any atom is -0.382 e. The fraction of sp³-hybridized carbons (Fsp3) is 0.467. The van der Waals surface area contributed by atoms with Crippen molar-refractivity contribution in [3.05, 3.63) is 45.4 Å². The molecule has 0 aliphatic rings. The van der Waals surface area contributed by atoms with E-state index in [2.05, 4.69) is 20.4 Å². The van der Waals surface area contributed by atoms with Crippen LogP contribution in [0.3, 0.4) is 0 Å². The predicted octanol–water partition coefficient (Wildman–Crippen LogP) is 0.167. The van der Waals surface area contributed by atoms with Gasteiger partial charge < -0.3 is 15.0 Å². The third-order valence-corrected chi connectivity index (χ3v) is 3.56. The Morgan fingerprint density at radius 3 is 2.78 bits per heavy atom. The minimum absolute atomic E-state index is 0.0352. The lowest BCUT2D eigenvalue weighted by Gasteiger charge is -2.18. The highest BCUT2D eigenvalue weighted by molar-refractivity contribution is 5.79. The van der Waals surface area contributed by atoms with Crippen LogP contribution >= 0.6 is 0 Å². The molecule has 2 rings (SSSR count). The molecule has 0 fully saturated rings. The Kier molecular flexibility index (Phi) is 5.28. The number of carbonyl (C=O) groups excluding carboxylic acids is 1. The molecule has 1 atom stereocenters. The molecule has 0 aliphatic carbocycles. The van der Waals surface area contributed by atoms with Gasteiger partial charge in [-0.05, 0) is 19.9 Å². The molecule has 0 aromatic carbocycles. The summed E-state index contributed by atoms with van der Waals surface area (Å²) in [6.07, 6.45) is 1.62. The van der Waals surface area contributed by atoms with E-state index in [0.29, 0.717) is 23.7 Å². The van der Waals surface area contributed by atoms with E-state index in [1.165, 1.54) is 0 Å². The fourth-order valence-electron chi connectivity index (χ4n) is 2.46. The Balaban J connectivity index is 2.14. The normalized spacial score (nSPS) is 12.2. The van der Waals surface area contributed by atoms with Crippen molar-refractivity contribution in [1.29, 1.82) is 0 Å². The number of amides is 1. The number of ether oxygens (including phenoxy) is 1. The van der Waals surface area contributed by atoms with Gasteiger partial charge in [-0.2, -0.15) is 5.10 Å². The maximum absolute atomic E-state index is 12.3. The summed E-state index contributed by atoms with van der Waals surface area (Å²) >= 11 is 0. The molecule has 124 valence electrons. The lowest BCUT2D eigenvalue weighted by molar-refractivity contribution is -0.121. The van der Waals surface area contributed by atoms with Gasteiger partial charge in [0.15, 0.2) is 0 Å². The molecule has 0 spiro atoms. The smallest absolute Gasteiger partial charge is 0.254 e. The van der Waals surface area contributed by atoms with Crippen molar-refractivity contribution in [2.75, 3.05) is 13.7 Å². The summed E-state index contributed by atoms with van der Waals surface area (Å²) in [5.41, 5.74) is 1.47. The highest BCUT2D eigenvalue weighted by Gasteiger charge is 2.19. The SMILES string of the molecule is COCC(NC(=O)Cc1c(C)nc(C)[nH]c1=O)c1ccnn1C. The van der Waals surface area contributed by atoms with Crippen LogP contribution < -0.4 is 10.9 Å². The molecular weight excluding hydrogens is 298 g/mol. The second-order valence-corrected chi connectivity index (χ2v) is 5.35. The lowest BCUT2D eigenvalue weighted by Crippen LogP contribution is -2.35. The van der Waals surface area contributed by atoms with Crippen molar-refractivity contribution in [3.8, 4) is 0 Å². The number of aromatic nitrogens is 4. The summed E-state index contributed by atoms with van der Waals surface area (Å²) in [6, 6.07) is 1.48. The maximum Gasteiger partial charge on any atom is 0.254 e. The number of hydrogen-bond acceptors (Lipinski definition) is 5. The average molecular weight is 319 g/mol. The van der Waals surface area contributed by atoms with Gasteiger partial charge in [0, 0.05) is 31.6 Å². The number of rotatable bonds is 6. The van der Waals surface area contributed by atoms with E-state index >= 15 is 0 Å². The molecule has 2 N–H and O–H groups in total. The van der Waals surface area contributed by atoms with Crippen LogP contribution in [0.1, 0.15) is 28.8 Å². The number of nitrogens with zero attached hydrogens (tertiary/aromatic N) is 3. The number of aryl methyl sites for hydroxylation is 3. The summed E-state index contributed by atoms with van der Waals surface area (Å²) in [5, 5.41) is 6.97. The molecule has 1 unspecified atom stereocenters. The summed E-state index contributed by atoms with van der Waals surface area (Å²) in [4.78, 5) is 31.1. The van der Waals surface area contributed by atoms with Crippen LogP contribution in [-0.2, 0) is 23.0 Å². The van der Waals surface area contributed by atoms with Gasteiger partial charge in [0.25, 0.3) is 5.56 Å². The molecule has 0 aliphatic heterocycles. The number of carbonyl (C=O) groups is 1. The fourth-order valence-corrected chi connectivity index (χ4v) is 2.46. The standard InChI is InChI=1S/C15H21N5O3/c1-9-11(15(22)18-10(2)17-9)7-14(21)19-12(8-23-4)13-5-6-16-20(13)3/h5-6,12H,7-8H2,1-4H3,(H,19,21)(H,17,18,22). The molecular formula is C15H21N5O3. The van der Waals surface area contributed by atoms with E-state index in [4.69, 9.17) is 4.74 Å². The number of nitrogens with one attached hydrogen (secondary N) is 2. The van der Waals surface area contributed by atoms with Crippen molar-refractivity contribution in [3.63, 3.8) is 0 Å². The lowest BCUT2D eigenvalue weighted by atomic mass is 10.1. The molecule has 0 saturated carbocycles. The van der Waals surface area contributed by atoms with Crippen LogP contribution in [0.5, 0.6) is 0 Å². The zero-order chi connectivity index (χ0) is 17.0. The van der Waals surface area contributed by atoms with Crippen molar-refractivity contribution < 1.29 is 9.53 Å². The highest BCUT2D eigenvalue weighted by atomic mass is 16.5. The van der Waals surface area contributed by atoms with Crippen molar-refractivity contribution >= 4 is 5.91 Å². The molecule has 0 saturated heterocycles. The quantitative estimate of drug-likeness (QED) is 0.790. The van der Waals surface area contributed by atoms with E-state index in [1.807, 2.05) is 6.07 Å². The van der Waals surface area contributed by atoms with Gasteiger partial charge >= 0.3 is 0 Å². The van der Waals surface area contributed by atoms with Crippen LogP contribution in [0, 0.1) is 13.8 Å². The molecule has 2 aromatic rings. The van der Waals surface area contributed by atoms with E-state index < -0.39 is 0 Å².